The Labute approximate surface area is 139 Å². The number of fused-ring (bicyclic) bond motifs is 1. The zero-order valence-electron chi connectivity index (χ0n) is 14.5. The Kier molecular flexibility index (Phi) is 7.19. The summed E-state index contributed by atoms with van der Waals surface area (Å²) in [6.45, 7) is 6.99. The van der Waals surface area contributed by atoms with Crippen molar-refractivity contribution >= 4 is 27.6 Å². The molecule has 0 atom stereocenters. The fourth-order valence-electron chi connectivity index (χ4n) is 3.48. The van der Waals surface area contributed by atoms with Gasteiger partial charge in [0.05, 0.1) is 0 Å². The summed E-state index contributed by atoms with van der Waals surface area (Å²) in [6.07, 6.45) is 12.2. The van der Waals surface area contributed by atoms with E-state index < -0.39 is 18.4 Å². The van der Waals surface area contributed by atoms with E-state index in [0.717, 1.165) is 5.65 Å². The zero-order valence-corrected chi connectivity index (χ0v) is 17.4. The molecule has 122 valence electrons. The Morgan fingerprint density at radius 1 is 0.909 bits per heavy atom. The van der Waals surface area contributed by atoms with Crippen molar-refractivity contribution in [3.8, 4) is 0 Å². The van der Waals surface area contributed by atoms with Crippen LogP contribution in [-0.4, -0.2) is 33.0 Å². The fourth-order valence-corrected chi connectivity index (χ4v) is 19.3. The Hall–Kier alpha value is -0.581. The van der Waals surface area contributed by atoms with Gasteiger partial charge in [0.25, 0.3) is 0 Å². The molecule has 2 heterocycles. The van der Waals surface area contributed by atoms with Crippen molar-refractivity contribution < 1.29 is 0 Å². The Balaban J connectivity index is 2.36. The number of aromatic nitrogens is 3. The topological polar surface area (TPSA) is 30.2 Å². The van der Waals surface area contributed by atoms with Crippen molar-refractivity contribution in [2.45, 2.75) is 72.6 Å². The third kappa shape index (κ3) is 4.24. The maximum atomic E-state index is 4.37. The van der Waals surface area contributed by atoms with Crippen LogP contribution in [0.2, 0.25) is 13.3 Å². The molecule has 0 bridgehead atoms. The molecule has 0 aromatic carbocycles. The number of rotatable bonds is 10. The molecular formula is C18H31N3Sn. The number of pyridine rings is 1. The quantitative estimate of drug-likeness (QED) is 0.530. The minimum atomic E-state index is -2.30. The maximum absolute atomic E-state index is 4.37. The molecule has 0 aliphatic carbocycles. The van der Waals surface area contributed by atoms with E-state index in [2.05, 4.69) is 49.2 Å². The van der Waals surface area contributed by atoms with E-state index in [4.69, 9.17) is 0 Å². The molecule has 4 heteroatoms. The standard InChI is InChI=1S/C6H4N3.3C4H9.Sn/c1-2-4-9-6(3-1)7-5-8-9;3*1-3-4-2;/h1,3-5H;3*1,3-4H2,2H3;. The van der Waals surface area contributed by atoms with Crippen LogP contribution in [0.15, 0.2) is 24.7 Å². The first-order chi connectivity index (χ1) is 10.8. The van der Waals surface area contributed by atoms with Gasteiger partial charge in [0, 0.05) is 0 Å². The summed E-state index contributed by atoms with van der Waals surface area (Å²) in [7, 11) is 0. The molecule has 0 aliphatic rings. The van der Waals surface area contributed by atoms with E-state index in [1.165, 1.54) is 51.8 Å². The molecule has 0 amide bonds. The second-order valence-electron chi connectivity index (χ2n) is 6.57. The van der Waals surface area contributed by atoms with Crippen molar-refractivity contribution in [3.05, 3.63) is 24.7 Å². The van der Waals surface area contributed by atoms with Crippen LogP contribution in [0.4, 0.5) is 0 Å². The van der Waals surface area contributed by atoms with Crippen molar-refractivity contribution in [2.24, 2.45) is 0 Å². The molecule has 0 unspecified atom stereocenters. The molecule has 0 saturated heterocycles. The van der Waals surface area contributed by atoms with E-state index in [1.54, 1.807) is 9.91 Å². The summed E-state index contributed by atoms with van der Waals surface area (Å²) >= 11 is -2.30. The van der Waals surface area contributed by atoms with Gasteiger partial charge < -0.3 is 0 Å². The van der Waals surface area contributed by atoms with Gasteiger partial charge in [-0.1, -0.05) is 0 Å². The zero-order chi connectivity index (χ0) is 15.8. The van der Waals surface area contributed by atoms with E-state index in [0.29, 0.717) is 0 Å². The third-order valence-electron chi connectivity index (χ3n) is 4.91. The van der Waals surface area contributed by atoms with Crippen molar-refractivity contribution in [2.75, 3.05) is 0 Å². The first-order valence-electron chi connectivity index (χ1n) is 9.05. The van der Waals surface area contributed by atoms with Crippen molar-refractivity contribution in [1.82, 2.24) is 14.6 Å². The predicted molar refractivity (Wildman–Crippen MR) is 97.5 cm³/mol. The molecule has 0 fully saturated rings. The second kappa shape index (κ2) is 8.90. The Bertz CT molecular complexity index is 542. The monoisotopic (exact) mass is 409 g/mol. The molecule has 0 saturated carbocycles. The number of hydrogen-bond acceptors (Lipinski definition) is 2. The van der Waals surface area contributed by atoms with E-state index in [9.17, 15) is 0 Å². The summed E-state index contributed by atoms with van der Waals surface area (Å²) in [6, 6.07) is 4.57. The number of hydrogen-bond donors (Lipinski definition) is 0. The average Bonchev–Trinajstić information content (AvgIpc) is 3.02. The van der Waals surface area contributed by atoms with Gasteiger partial charge in [0.2, 0.25) is 0 Å². The summed E-state index contributed by atoms with van der Waals surface area (Å²) in [5.41, 5.74) is 0.977. The third-order valence-corrected chi connectivity index (χ3v) is 20.5. The van der Waals surface area contributed by atoms with Crippen LogP contribution in [-0.2, 0) is 0 Å². The van der Waals surface area contributed by atoms with Gasteiger partial charge in [-0.2, -0.15) is 0 Å². The van der Waals surface area contributed by atoms with Crippen LogP contribution in [0.1, 0.15) is 59.3 Å². The van der Waals surface area contributed by atoms with Crippen LogP contribution in [0.3, 0.4) is 0 Å². The van der Waals surface area contributed by atoms with Crippen LogP contribution < -0.4 is 3.58 Å². The molecule has 3 nitrogen and oxygen atoms in total. The van der Waals surface area contributed by atoms with Crippen LogP contribution in [0, 0.1) is 0 Å². The first kappa shape index (κ1) is 17.8. The molecular weight excluding hydrogens is 377 g/mol. The van der Waals surface area contributed by atoms with Crippen LogP contribution in [0.25, 0.3) is 5.65 Å². The van der Waals surface area contributed by atoms with Crippen molar-refractivity contribution in [3.63, 3.8) is 0 Å². The molecule has 0 radical (unpaired) electrons. The van der Waals surface area contributed by atoms with E-state index in [1.807, 2.05) is 4.52 Å². The molecule has 0 aliphatic heterocycles. The molecule has 0 spiro atoms. The molecule has 2 aromatic heterocycles. The van der Waals surface area contributed by atoms with Crippen LogP contribution in [0.5, 0.6) is 0 Å². The number of unbranched alkanes of at least 4 members (excludes halogenated alkanes) is 3. The first-order valence-corrected chi connectivity index (χ1v) is 16.5. The van der Waals surface area contributed by atoms with Gasteiger partial charge in [-0.3, -0.25) is 0 Å². The molecule has 2 rings (SSSR count). The Morgan fingerprint density at radius 2 is 1.50 bits per heavy atom. The molecule has 0 N–H and O–H groups in total. The van der Waals surface area contributed by atoms with Gasteiger partial charge in [-0.25, -0.2) is 0 Å². The Morgan fingerprint density at radius 3 is 2.05 bits per heavy atom. The van der Waals surface area contributed by atoms with Gasteiger partial charge in [-0.05, 0) is 0 Å². The number of nitrogens with zero attached hydrogens (tertiary/aromatic N) is 3. The second-order valence-corrected chi connectivity index (χ2v) is 19.8. The van der Waals surface area contributed by atoms with Gasteiger partial charge in [0.1, 0.15) is 0 Å². The summed E-state index contributed by atoms with van der Waals surface area (Å²) in [5, 5.41) is 4.37. The fraction of sp³-hybridized carbons (Fsp3) is 0.667. The van der Waals surface area contributed by atoms with E-state index in [-0.39, 0.29) is 0 Å². The summed E-state index contributed by atoms with van der Waals surface area (Å²) < 4.78 is 8.18. The molecule has 2 aromatic rings. The SMILES string of the molecule is CCC[CH2][Sn]([CH2]CCC)([CH2]CCC)[c]1ccc2ncnn2c1. The predicted octanol–water partition coefficient (Wildman–Crippen LogP) is 4.79. The normalized spacial score (nSPS) is 12.1. The van der Waals surface area contributed by atoms with Crippen LogP contribution >= 0.6 is 0 Å². The van der Waals surface area contributed by atoms with Gasteiger partial charge in [-0.15, -0.1) is 0 Å². The van der Waals surface area contributed by atoms with Gasteiger partial charge in [0.15, 0.2) is 0 Å². The molecule has 22 heavy (non-hydrogen) atoms. The summed E-state index contributed by atoms with van der Waals surface area (Å²) in [5.74, 6) is 0. The van der Waals surface area contributed by atoms with Gasteiger partial charge >= 0.3 is 139 Å². The summed E-state index contributed by atoms with van der Waals surface area (Å²) in [4.78, 5) is 4.30. The van der Waals surface area contributed by atoms with E-state index >= 15 is 0 Å². The average molecular weight is 408 g/mol. The minimum absolute atomic E-state index is 0.977. The van der Waals surface area contributed by atoms with Crippen molar-refractivity contribution in [1.29, 1.82) is 0 Å².